The van der Waals surface area contributed by atoms with Crippen LogP contribution in [0, 0.1) is 5.92 Å². The van der Waals surface area contributed by atoms with Gasteiger partial charge in [0.15, 0.2) is 5.96 Å². The van der Waals surface area contributed by atoms with Crippen molar-refractivity contribution in [3.8, 4) is 0 Å². The van der Waals surface area contributed by atoms with Gasteiger partial charge in [-0.25, -0.2) is 0 Å². The Labute approximate surface area is 156 Å². The molecule has 1 unspecified atom stereocenters. The molecule has 0 aromatic heterocycles. The summed E-state index contributed by atoms with van der Waals surface area (Å²) in [7, 11) is 3.47. The molecular formula is C17H27IN4O. The lowest BCUT2D eigenvalue weighted by Crippen LogP contribution is -2.45. The van der Waals surface area contributed by atoms with E-state index in [1.807, 2.05) is 31.3 Å². The van der Waals surface area contributed by atoms with Gasteiger partial charge >= 0.3 is 0 Å². The molecule has 23 heavy (non-hydrogen) atoms. The maximum absolute atomic E-state index is 11.7. The van der Waals surface area contributed by atoms with Gasteiger partial charge in [0.1, 0.15) is 0 Å². The van der Waals surface area contributed by atoms with Crippen LogP contribution in [0.15, 0.2) is 29.3 Å². The third-order valence-corrected chi connectivity index (χ3v) is 4.04. The number of hydrogen-bond donors (Lipinski definition) is 2. The van der Waals surface area contributed by atoms with Crippen molar-refractivity contribution in [1.29, 1.82) is 0 Å². The Bertz CT molecular complexity index is 547. The predicted molar refractivity (Wildman–Crippen MR) is 105 cm³/mol. The van der Waals surface area contributed by atoms with E-state index in [0.29, 0.717) is 18.0 Å². The van der Waals surface area contributed by atoms with E-state index in [-0.39, 0.29) is 29.9 Å². The molecule has 2 rings (SSSR count). The minimum atomic E-state index is -0.0592. The lowest BCUT2D eigenvalue weighted by Gasteiger charge is -2.33. The number of amides is 1. The van der Waals surface area contributed by atoms with Gasteiger partial charge in [-0.15, -0.1) is 24.0 Å². The largest absolute Gasteiger partial charge is 0.355 e. The Hall–Kier alpha value is -1.31. The highest BCUT2D eigenvalue weighted by atomic mass is 127. The summed E-state index contributed by atoms with van der Waals surface area (Å²) in [5, 5.41) is 6.05. The van der Waals surface area contributed by atoms with Gasteiger partial charge in [-0.3, -0.25) is 9.79 Å². The molecular weight excluding hydrogens is 403 g/mol. The van der Waals surface area contributed by atoms with E-state index in [0.717, 1.165) is 24.6 Å². The summed E-state index contributed by atoms with van der Waals surface area (Å²) in [5.41, 5.74) is 1.76. The second-order valence-electron chi connectivity index (χ2n) is 5.87. The number of hydrogen-bond acceptors (Lipinski definition) is 2. The van der Waals surface area contributed by atoms with Crippen molar-refractivity contribution in [3.63, 3.8) is 0 Å². The molecule has 1 heterocycles. The highest BCUT2D eigenvalue weighted by Gasteiger charge is 2.19. The number of halogens is 1. The third-order valence-electron chi connectivity index (χ3n) is 4.04. The van der Waals surface area contributed by atoms with E-state index in [9.17, 15) is 4.79 Å². The number of nitrogens with one attached hydrogen (secondary N) is 2. The van der Waals surface area contributed by atoms with Crippen LogP contribution in [0.2, 0.25) is 0 Å². The van der Waals surface area contributed by atoms with E-state index in [1.54, 1.807) is 7.05 Å². The molecule has 1 aliphatic heterocycles. The second kappa shape index (κ2) is 9.75. The minimum Gasteiger partial charge on any atom is -0.355 e. The fraction of sp³-hybridized carbons (Fsp3) is 0.529. The van der Waals surface area contributed by atoms with Crippen molar-refractivity contribution in [2.75, 3.05) is 27.2 Å². The molecule has 1 fully saturated rings. The summed E-state index contributed by atoms with van der Waals surface area (Å²) in [6, 6.07) is 7.67. The first-order valence-corrected chi connectivity index (χ1v) is 7.90. The number of piperidine rings is 1. The van der Waals surface area contributed by atoms with Crippen molar-refractivity contribution in [2.45, 2.75) is 26.3 Å². The smallest absolute Gasteiger partial charge is 0.251 e. The van der Waals surface area contributed by atoms with Crippen LogP contribution in [0.1, 0.15) is 35.7 Å². The lowest BCUT2D eigenvalue weighted by atomic mass is 10.0. The average Bonchev–Trinajstić information content (AvgIpc) is 2.55. The number of aliphatic imine (C=N–C) groups is 1. The SMILES string of the molecule is CN=C(NCc1cccc(C(=O)NC)c1)N1CCCC(C)C1.I. The molecule has 0 saturated carbocycles. The fourth-order valence-corrected chi connectivity index (χ4v) is 2.86. The van der Waals surface area contributed by atoms with Crippen molar-refractivity contribution in [2.24, 2.45) is 10.9 Å². The fourth-order valence-electron chi connectivity index (χ4n) is 2.86. The number of likely N-dealkylation sites (tertiary alicyclic amines) is 1. The van der Waals surface area contributed by atoms with Gasteiger partial charge in [0.2, 0.25) is 0 Å². The zero-order valence-electron chi connectivity index (χ0n) is 14.1. The van der Waals surface area contributed by atoms with Gasteiger partial charge in [-0.1, -0.05) is 19.1 Å². The number of nitrogens with zero attached hydrogens (tertiary/aromatic N) is 2. The van der Waals surface area contributed by atoms with E-state index < -0.39 is 0 Å². The van der Waals surface area contributed by atoms with Gasteiger partial charge in [0, 0.05) is 39.3 Å². The monoisotopic (exact) mass is 430 g/mol. The summed E-state index contributed by atoms with van der Waals surface area (Å²) in [4.78, 5) is 18.4. The van der Waals surface area contributed by atoms with Gasteiger partial charge in [0.25, 0.3) is 5.91 Å². The van der Waals surface area contributed by atoms with Crippen molar-refractivity contribution < 1.29 is 4.79 Å². The molecule has 1 saturated heterocycles. The Morgan fingerprint density at radius 2 is 2.22 bits per heavy atom. The number of carbonyl (C=O) groups excluding carboxylic acids is 1. The van der Waals surface area contributed by atoms with Crippen molar-refractivity contribution in [3.05, 3.63) is 35.4 Å². The van der Waals surface area contributed by atoms with Crippen LogP contribution < -0.4 is 10.6 Å². The number of benzene rings is 1. The molecule has 128 valence electrons. The van der Waals surface area contributed by atoms with Gasteiger partial charge in [0.05, 0.1) is 0 Å². The minimum absolute atomic E-state index is 0. The van der Waals surface area contributed by atoms with Crippen LogP contribution in [-0.2, 0) is 6.54 Å². The van der Waals surface area contributed by atoms with E-state index in [2.05, 4.69) is 27.4 Å². The first kappa shape index (κ1) is 19.7. The summed E-state index contributed by atoms with van der Waals surface area (Å²) in [5.74, 6) is 1.59. The molecule has 2 N–H and O–H groups in total. The first-order valence-electron chi connectivity index (χ1n) is 7.90. The van der Waals surface area contributed by atoms with Crippen LogP contribution in [-0.4, -0.2) is 44.0 Å². The molecule has 1 aliphatic rings. The molecule has 0 bridgehead atoms. The number of rotatable bonds is 3. The highest BCUT2D eigenvalue weighted by molar-refractivity contribution is 14.0. The molecule has 1 atom stereocenters. The van der Waals surface area contributed by atoms with Crippen LogP contribution in [0.25, 0.3) is 0 Å². The predicted octanol–water partition coefficient (Wildman–Crippen LogP) is 2.47. The number of carbonyl (C=O) groups is 1. The lowest BCUT2D eigenvalue weighted by molar-refractivity contribution is 0.0963. The summed E-state index contributed by atoms with van der Waals surface area (Å²) in [6.45, 7) is 5.06. The molecule has 0 aliphatic carbocycles. The van der Waals surface area contributed by atoms with Crippen LogP contribution in [0.5, 0.6) is 0 Å². The topological polar surface area (TPSA) is 56.7 Å². The maximum atomic E-state index is 11.7. The standard InChI is InChI=1S/C17H26N4O.HI/c1-13-6-5-9-21(12-13)17(19-3)20-11-14-7-4-8-15(10-14)16(22)18-2;/h4,7-8,10,13H,5-6,9,11-12H2,1-3H3,(H,18,22)(H,19,20);1H. The average molecular weight is 430 g/mol. The molecule has 0 radical (unpaired) electrons. The zero-order valence-corrected chi connectivity index (χ0v) is 16.5. The van der Waals surface area contributed by atoms with Crippen LogP contribution >= 0.6 is 24.0 Å². The normalized spacial score (nSPS) is 18.1. The Morgan fingerprint density at radius 1 is 1.43 bits per heavy atom. The highest BCUT2D eigenvalue weighted by Crippen LogP contribution is 2.15. The Morgan fingerprint density at radius 3 is 2.87 bits per heavy atom. The van der Waals surface area contributed by atoms with E-state index >= 15 is 0 Å². The van der Waals surface area contributed by atoms with Crippen molar-refractivity contribution in [1.82, 2.24) is 15.5 Å². The summed E-state index contributed by atoms with van der Waals surface area (Å²) >= 11 is 0. The molecule has 1 aromatic rings. The van der Waals surface area contributed by atoms with Crippen molar-refractivity contribution >= 4 is 35.8 Å². The Balaban J connectivity index is 0.00000264. The van der Waals surface area contributed by atoms with Crippen LogP contribution in [0.4, 0.5) is 0 Å². The first-order chi connectivity index (χ1) is 10.6. The summed E-state index contributed by atoms with van der Waals surface area (Å²) < 4.78 is 0. The molecule has 1 amide bonds. The van der Waals surface area contributed by atoms with E-state index in [4.69, 9.17) is 0 Å². The molecule has 0 spiro atoms. The second-order valence-corrected chi connectivity index (χ2v) is 5.87. The molecule has 1 aromatic carbocycles. The maximum Gasteiger partial charge on any atom is 0.251 e. The van der Waals surface area contributed by atoms with Gasteiger partial charge < -0.3 is 15.5 Å². The van der Waals surface area contributed by atoms with Gasteiger partial charge in [-0.2, -0.15) is 0 Å². The van der Waals surface area contributed by atoms with Gasteiger partial charge in [-0.05, 0) is 36.5 Å². The quantitative estimate of drug-likeness (QED) is 0.440. The molecule has 6 heteroatoms. The Kier molecular flexibility index (Phi) is 8.36. The third kappa shape index (κ3) is 5.67. The number of guanidine groups is 1. The van der Waals surface area contributed by atoms with Crippen LogP contribution in [0.3, 0.4) is 0 Å². The molecule has 5 nitrogen and oxygen atoms in total. The van der Waals surface area contributed by atoms with E-state index in [1.165, 1.54) is 12.8 Å². The zero-order chi connectivity index (χ0) is 15.9. The summed E-state index contributed by atoms with van der Waals surface area (Å²) in [6.07, 6.45) is 2.51.